The zero-order chi connectivity index (χ0) is 24.5. The van der Waals surface area contributed by atoms with Gasteiger partial charge in [0.05, 0.1) is 5.39 Å². The van der Waals surface area contributed by atoms with Crippen LogP contribution in [0.25, 0.3) is 11.0 Å². The van der Waals surface area contributed by atoms with E-state index >= 15 is 0 Å². The van der Waals surface area contributed by atoms with E-state index < -0.39 is 0 Å². The molecule has 2 atom stereocenters. The topological polar surface area (TPSA) is 70.8 Å². The number of amides is 2. The van der Waals surface area contributed by atoms with E-state index in [-0.39, 0.29) is 6.03 Å². The Morgan fingerprint density at radius 1 is 1.00 bits per heavy atom. The van der Waals surface area contributed by atoms with Gasteiger partial charge in [-0.25, -0.2) is 4.79 Å². The minimum absolute atomic E-state index is 0.113. The fourth-order valence-corrected chi connectivity index (χ4v) is 5.47. The Hall–Kier alpha value is -3.55. The maximum absolute atomic E-state index is 13.0. The van der Waals surface area contributed by atoms with Gasteiger partial charge in [-0.3, -0.25) is 10.2 Å². The summed E-state index contributed by atoms with van der Waals surface area (Å²) in [4.78, 5) is 17.4. The zero-order valence-electron chi connectivity index (χ0n) is 19.8. The Bertz CT molecular complexity index is 1370. The molecular weight excluding hydrogens is 476 g/mol. The largest absolute Gasteiger partial charge is 0.457 e. The van der Waals surface area contributed by atoms with Gasteiger partial charge < -0.3 is 14.2 Å². The van der Waals surface area contributed by atoms with Crippen LogP contribution in [0.4, 0.5) is 10.6 Å². The number of ether oxygens (including phenoxy) is 1. The number of aromatic nitrogens is 1. The van der Waals surface area contributed by atoms with E-state index in [1.807, 2.05) is 65.6 Å². The number of para-hydroxylation sites is 1. The van der Waals surface area contributed by atoms with Crippen LogP contribution in [0.1, 0.15) is 12.0 Å². The molecule has 0 aliphatic carbocycles. The minimum Gasteiger partial charge on any atom is -0.457 e. The van der Waals surface area contributed by atoms with Crippen molar-refractivity contribution < 1.29 is 14.1 Å². The first kappa shape index (κ1) is 22.9. The Morgan fingerprint density at radius 2 is 1.83 bits per heavy atom. The highest BCUT2D eigenvalue weighted by atomic mass is 35.5. The molecule has 184 valence electrons. The maximum atomic E-state index is 13.0. The van der Waals surface area contributed by atoms with E-state index in [4.69, 9.17) is 20.9 Å². The molecule has 2 aliphatic heterocycles. The van der Waals surface area contributed by atoms with Crippen molar-refractivity contribution in [1.82, 2.24) is 15.0 Å². The molecule has 1 N–H and O–H groups in total. The number of rotatable bonds is 5. The highest BCUT2D eigenvalue weighted by Crippen LogP contribution is 2.33. The van der Waals surface area contributed by atoms with Gasteiger partial charge in [0, 0.05) is 37.7 Å². The van der Waals surface area contributed by atoms with Gasteiger partial charge in [-0.1, -0.05) is 41.0 Å². The summed E-state index contributed by atoms with van der Waals surface area (Å²) in [6.07, 6.45) is 1.01. The smallest absolute Gasteiger partial charge is 0.323 e. The van der Waals surface area contributed by atoms with Crippen LogP contribution in [0.2, 0.25) is 5.02 Å². The third-order valence-electron chi connectivity index (χ3n) is 7.12. The molecule has 0 saturated carbocycles. The third kappa shape index (κ3) is 4.90. The van der Waals surface area contributed by atoms with Crippen molar-refractivity contribution in [3.05, 3.63) is 83.4 Å². The van der Waals surface area contributed by atoms with Crippen LogP contribution < -0.4 is 10.1 Å². The fraction of sp³-hybridized carbons (Fsp3) is 0.286. The van der Waals surface area contributed by atoms with Gasteiger partial charge in [0.15, 0.2) is 11.4 Å². The molecule has 2 aliphatic rings. The predicted molar refractivity (Wildman–Crippen MR) is 139 cm³/mol. The van der Waals surface area contributed by atoms with Crippen LogP contribution in [-0.4, -0.2) is 47.2 Å². The molecule has 0 radical (unpaired) electrons. The number of piperidine rings is 1. The number of carbonyl (C=O) groups excluding carboxylic acids is 1. The molecule has 0 bridgehead atoms. The number of fused-ring (bicyclic) bond motifs is 2. The summed E-state index contributed by atoms with van der Waals surface area (Å²) < 4.78 is 11.3. The van der Waals surface area contributed by atoms with Crippen LogP contribution in [-0.2, 0) is 6.54 Å². The summed E-state index contributed by atoms with van der Waals surface area (Å²) in [6, 6.07) is 23.0. The number of hydrogen-bond acceptors (Lipinski definition) is 5. The standard InChI is InChI=1S/C28H27ClN4O3/c29-22-8-10-23(11-9-22)35-24-5-3-4-19(14-24)15-32-16-20-12-13-33(18-21(20)17-32)28(34)30-27-25-6-1-2-7-26(25)36-31-27/h1-11,14,20-21H,12-13,15-18H2,(H,30,31,34). The van der Waals surface area contributed by atoms with Crippen molar-refractivity contribution in [2.45, 2.75) is 13.0 Å². The number of nitrogens with zero attached hydrogens (tertiary/aromatic N) is 3. The fourth-order valence-electron chi connectivity index (χ4n) is 5.34. The van der Waals surface area contributed by atoms with E-state index in [1.54, 1.807) is 0 Å². The number of urea groups is 1. The lowest BCUT2D eigenvalue weighted by Crippen LogP contribution is -2.45. The van der Waals surface area contributed by atoms with Crippen molar-refractivity contribution in [3.8, 4) is 11.5 Å². The first-order valence-corrected chi connectivity index (χ1v) is 12.6. The first-order valence-electron chi connectivity index (χ1n) is 12.3. The maximum Gasteiger partial charge on any atom is 0.323 e. The molecule has 0 spiro atoms. The van der Waals surface area contributed by atoms with E-state index in [2.05, 4.69) is 27.5 Å². The summed E-state index contributed by atoms with van der Waals surface area (Å²) in [5.74, 6) is 3.13. The molecule has 3 aromatic carbocycles. The van der Waals surface area contributed by atoms with Crippen molar-refractivity contribution >= 4 is 34.4 Å². The number of likely N-dealkylation sites (tertiary alicyclic amines) is 2. The van der Waals surface area contributed by atoms with Crippen LogP contribution in [0.3, 0.4) is 0 Å². The molecular formula is C28H27ClN4O3. The number of nitrogens with one attached hydrogen (secondary N) is 1. The van der Waals surface area contributed by atoms with Gasteiger partial charge in [-0.05, 0) is 72.4 Å². The molecule has 1 aromatic heterocycles. The van der Waals surface area contributed by atoms with E-state index in [0.29, 0.717) is 28.3 Å². The second-order valence-electron chi connectivity index (χ2n) is 9.61. The molecule has 2 unspecified atom stereocenters. The molecule has 4 aromatic rings. The van der Waals surface area contributed by atoms with E-state index in [0.717, 1.165) is 56.0 Å². The zero-order valence-corrected chi connectivity index (χ0v) is 20.5. The molecule has 2 saturated heterocycles. The average Bonchev–Trinajstić information content (AvgIpc) is 3.48. The van der Waals surface area contributed by atoms with Crippen LogP contribution in [0.15, 0.2) is 77.3 Å². The summed E-state index contributed by atoms with van der Waals surface area (Å²) in [7, 11) is 0. The Kier molecular flexibility index (Phi) is 6.25. The lowest BCUT2D eigenvalue weighted by atomic mass is 9.89. The number of benzene rings is 3. The second kappa shape index (κ2) is 9.84. The Morgan fingerprint density at radius 3 is 2.72 bits per heavy atom. The highest BCUT2D eigenvalue weighted by Gasteiger charge is 2.38. The quantitative estimate of drug-likeness (QED) is 0.349. The number of halogens is 1. The lowest BCUT2D eigenvalue weighted by Gasteiger charge is -2.34. The average molecular weight is 503 g/mol. The Labute approximate surface area is 214 Å². The first-order chi connectivity index (χ1) is 17.6. The number of hydrogen-bond donors (Lipinski definition) is 1. The van der Waals surface area contributed by atoms with Crippen LogP contribution >= 0.6 is 11.6 Å². The monoisotopic (exact) mass is 502 g/mol. The Balaban J connectivity index is 1.05. The second-order valence-corrected chi connectivity index (χ2v) is 10.0. The molecule has 36 heavy (non-hydrogen) atoms. The van der Waals surface area contributed by atoms with Gasteiger partial charge >= 0.3 is 6.03 Å². The summed E-state index contributed by atoms with van der Waals surface area (Å²) in [5, 5.41) is 8.48. The molecule has 6 rings (SSSR count). The minimum atomic E-state index is -0.113. The normalized spacial score (nSPS) is 19.9. The van der Waals surface area contributed by atoms with Crippen LogP contribution in [0, 0.1) is 11.8 Å². The number of carbonyl (C=O) groups is 1. The molecule has 3 heterocycles. The van der Waals surface area contributed by atoms with Crippen LogP contribution in [0.5, 0.6) is 11.5 Å². The SMILES string of the molecule is O=C(Nc1noc2ccccc12)N1CCC2CN(Cc3cccc(Oc4ccc(Cl)cc4)c3)CC2C1. The van der Waals surface area contributed by atoms with Crippen molar-refractivity contribution in [2.75, 3.05) is 31.5 Å². The lowest BCUT2D eigenvalue weighted by molar-refractivity contribution is 0.161. The van der Waals surface area contributed by atoms with Crippen molar-refractivity contribution in [1.29, 1.82) is 0 Å². The molecule has 7 nitrogen and oxygen atoms in total. The highest BCUT2D eigenvalue weighted by molar-refractivity contribution is 6.30. The van der Waals surface area contributed by atoms with E-state index in [9.17, 15) is 4.79 Å². The molecule has 2 amide bonds. The molecule has 2 fully saturated rings. The van der Waals surface area contributed by atoms with Gasteiger partial charge in [0.1, 0.15) is 11.5 Å². The summed E-state index contributed by atoms with van der Waals surface area (Å²) in [5.41, 5.74) is 1.88. The van der Waals surface area contributed by atoms with Crippen molar-refractivity contribution in [3.63, 3.8) is 0 Å². The van der Waals surface area contributed by atoms with E-state index in [1.165, 1.54) is 5.56 Å². The summed E-state index contributed by atoms with van der Waals surface area (Å²) in [6.45, 7) is 4.39. The van der Waals surface area contributed by atoms with Crippen molar-refractivity contribution in [2.24, 2.45) is 11.8 Å². The van der Waals surface area contributed by atoms with Gasteiger partial charge in [-0.15, -0.1) is 0 Å². The summed E-state index contributed by atoms with van der Waals surface area (Å²) >= 11 is 5.97. The molecule has 8 heteroatoms. The third-order valence-corrected chi connectivity index (χ3v) is 7.37. The predicted octanol–water partition coefficient (Wildman–Crippen LogP) is 6.26. The number of anilines is 1. The van der Waals surface area contributed by atoms with Gasteiger partial charge in [0.25, 0.3) is 0 Å². The van der Waals surface area contributed by atoms with Gasteiger partial charge in [0.2, 0.25) is 0 Å². The van der Waals surface area contributed by atoms with Gasteiger partial charge in [-0.2, -0.15) is 0 Å².